The SMILES string of the molecule is Nc1cccc(OCCC2CC2)n1. The van der Waals surface area contributed by atoms with Crippen LogP contribution in [0.5, 0.6) is 5.88 Å². The van der Waals surface area contributed by atoms with Gasteiger partial charge in [0.15, 0.2) is 0 Å². The predicted molar refractivity (Wildman–Crippen MR) is 51.5 cm³/mol. The largest absolute Gasteiger partial charge is 0.478 e. The van der Waals surface area contributed by atoms with Crippen molar-refractivity contribution in [2.45, 2.75) is 19.3 Å². The topological polar surface area (TPSA) is 48.1 Å². The van der Waals surface area contributed by atoms with Gasteiger partial charge in [0.1, 0.15) is 5.82 Å². The number of aromatic nitrogens is 1. The average Bonchev–Trinajstić information content (AvgIpc) is 2.88. The molecule has 0 unspecified atom stereocenters. The Morgan fingerprint density at radius 2 is 2.31 bits per heavy atom. The summed E-state index contributed by atoms with van der Waals surface area (Å²) in [5.74, 6) is 2.06. The minimum absolute atomic E-state index is 0.518. The van der Waals surface area contributed by atoms with E-state index in [-0.39, 0.29) is 0 Å². The molecule has 1 heterocycles. The van der Waals surface area contributed by atoms with E-state index in [4.69, 9.17) is 10.5 Å². The summed E-state index contributed by atoms with van der Waals surface area (Å²) in [7, 11) is 0. The monoisotopic (exact) mass is 178 g/mol. The molecule has 1 aliphatic carbocycles. The molecule has 0 saturated heterocycles. The molecule has 0 spiro atoms. The number of hydrogen-bond acceptors (Lipinski definition) is 3. The third kappa shape index (κ3) is 2.61. The van der Waals surface area contributed by atoms with Crippen LogP contribution in [0.2, 0.25) is 0 Å². The zero-order valence-electron chi connectivity index (χ0n) is 7.57. The molecule has 13 heavy (non-hydrogen) atoms. The second kappa shape index (κ2) is 3.64. The van der Waals surface area contributed by atoms with Crippen LogP contribution >= 0.6 is 0 Å². The van der Waals surface area contributed by atoms with E-state index in [2.05, 4.69) is 4.98 Å². The molecule has 0 aromatic carbocycles. The lowest BCUT2D eigenvalue weighted by Crippen LogP contribution is -2.01. The molecular formula is C10H14N2O. The van der Waals surface area contributed by atoms with Crippen LogP contribution in [-0.4, -0.2) is 11.6 Å². The maximum Gasteiger partial charge on any atom is 0.215 e. The summed E-state index contributed by atoms with van der Waals surface area (Å²) in [5, 5.41) is 0. The number of nitrogens with zero attached hydrogens (tertiary/aromatic N) is 1. The van der Waals surface area contributed by atoms with Gasteiger partial charge in [-0.1, -0.05) is 18.9 Å². The Hall–Kier alpha value is -1.25. The van der Waals surface area contributed by atoms with Crippen LogP contribution in [0, 0.1) is 5.92 Å². The third-order valence-corrected chi connectivity index (χ3v) is 2.22. The highest BCUT2D eigenvalue weighted by atomic mass is 16.5. The fraction of sp³-hybridized carbons (Fsp3) is 0.500. The van der Waals surface area contributed by atoms with Crippen molar-refractivity contribution in [3.05, 3.63) is 18.2 Å². The van der Waals surface area contributed by atoms with Crippen LogP contribution in [0.25, 0.3) is 0 Å². The van der Waals surface area contributed by atoms with Gasteiger partial charge < -0.3 is 10.5 Å². The fourth-order valence-corrected chi connectivity index (χ4v) is 1.25. The smallest absolute Gasteiger partial charge is 0.215 e. The van der Waals surface area contributed by atoms with Crippen molar-refractivity contribution in [1.29, 1.82) is 0 Å². The maximum absolute atomic E-state index is 5.51. The van der Waals surface area contributed by atoms with Gasteiger partial charge in [-0.3, -0.25) is 0 Å². The second-order valence-electron chi connectivity index (χ2n) is 3.48. The lowest BCUT2D eigenvalue weighted by atomic mass is 10.3. The Kier molecular flexibility index (Phi) is 2.34. The summed E-state index contributed by atoms with van der Waals surface area (Å²) < 4.78 is 5.45. The summed E-state index contributed by atoms with van der Waals surface area (Å²) >= 11 is 0. The van der Waals surface area contributed by atoms with Gasteiger partial charge in [0.25, 0.3) is 0 Å². The van der Waals surface area contributed by atoms with Gasteiger partial charge in [0.05, 0.1) is 6.61 Å². The van der Waals surface area contributed by atoms with E-state index < -0.39 is 0 Å². The summed E-state index contributed by atoms with van der Waals surface area (Å²) in [4.78, 5) is 4.05. The quantitative estimate of drug-likeness (QED) is 0.765. The first-order valence-corrected chi connectivity index (χ1v) is 4.70. The molecule has 0 amide bonds. The molecule has 0 atom stereocenters. The van der Waals surface area contributed by atoms with Crippen molar-refractivity contribution in [2.24, 2.45) is 5.92 Å². The van der Waals surface area contributed by atoms with Crippen molar-refractivity contribution in [3.8, 4) is 5.88 Å². The highest BCUT2D eigenvalue weighted by molar-refractivity contribution is 5.30. The summed E-state index contributed by atoms with van der Waals surface area (Å²) in [6.45, 7) is 0.765. The van der Waals surface area contributed by atoms with Crippen LogP contribution < -0.4 is 10.5 Å². The minimum atomic E-state index is 0.518. The number of rotatable bonds is 4. The molecule has 70 valence electrons. The molecule has 1 fully saturated rings. The molecule has 0 bridgehead atoms. The zero-order valence-corrected chi connectivity index (χ0v) is 7.57. The van der Waals surface area contributed by atoms with Gasteiger partial charge in [-0.15, -0.1) is 0 Å². The normalized spacial score (nSPS) is 15.7. The van der Waals surface area contributed by atoms with Gasteiger partial charge in [-0.2, -0.15) is 4.98 Å². The van der Waals surface area contributed by atoms with Crippen molar-refractivity contribution < 1.29 is 4.74 Å². The second-order valence-corrected chi connectivity index (χ2v) is 3.48. The van der Waals surface area contributed by atoms with Gasteiger partial charge in [0, 0.05) is 6.07 Å². The fourth-order valence-electron chi connectivity index (χ4n) is 1.25. The number of pyridine rings is 1. The van der Waals surface area contributed by atoms with Crippen LogP contribution in [0.1, 0.15) is 19.3 Å². The molecule has 3 nitrogen and oxygen atoms in total. The van der Waals surface area contributed by atoms with Gasteiger partial charge >= 0.3 is 0 Å². The van der Waals surface area contributed by atoms with Crippen molar-refractivity contribution in [2.75, 3.05) is 12.3 Å². The van der Waals surface area contributed by atoms with E-state index in [1.54, 1.807) is 6.07 Å². The standard InChI is InChI=1S/C10H14N2O/c11-9-2-1-3-10(12-9)13-7-6-8-4-5-8/h1-3,8H,4-7H2,(H2,11,12). The Morgan fingerprint density at radius 1 is 1.46 bits per heavy atom. The molecule has 2 rings (SSSR count). The Balaban J connectivity index is 1.79. The number of nitrogen functional groups attached to an aromatic ring is 1. The van der Waals surface area contributed by atoms with E-state index >= 15 is 0 Å². The summed E-state index contributed by atoms with van der Waals surface area (Å²) in [6.07, 6.45) is 3.89. The highest BCUT2D eigenvalue weighted by Gasteiger charge is 2.20. The molecule has 0 aliphatic heterocycles. The third-order valence-electron chi connectivity index (χ3n) is 2.22. The van der Waals surface area contributed by atoms with E-state index in [9.17, 15) is 0 Å². The van der Waals surface area contributed by atoms with E-state index in [1.807, 2.05) is 12.1 Å². The molecule has 0 radical (unpaired) electrons. The van der Waals surface area contributed by atoms with Crippen molar-refractivity contribution in [3.63, 3.8) is 0 Å². The number of anilines is 1. The molecule has 1 aromatic heterocycles. The summed E-state index contributed by atoms with van der Waals surface area (Å²) in [6, 6.07) is 5.45. The van der Waals surface area contributed by atoms with Crippen LogP contribution in [-0.2, 0) is 0 Å². The van der Waals surface area contributed by atoms with Gasteiger partial charge in [-0.25, -0.2) is 0 Å². The lowest BCUT2D eigenvalue weighted by molar-refractivity contribution is 0.292. The first-order chi connectivity index (χ1) is 6.34. The van der Waals surface area contributed by atoms with Crippen LogP contribution in [0.4, 0.5) is 5.82 Å². The molecule has 1 saturated carbocycles. The Bertz CT molecular complexity index is 284. The molecule has 3 heteroatoms. The molecular weight excluding hydrogens is 164 g/mol. The maximum atomic E-state index is 5.51. The molecule has 2 N–H and O–H groups in total. The number of ether oxygens (including phenoxy) is 1. The minimum Gasteiger partial charge on any atom is -0.478 e. The van der Waals surface area contributed by atoms with Crippen LogP contribution in [0.15, 0.2) is 18.2 Å². The molecule has 1 aromatic rings. The first-order valence-electron chi connectivity index (χ1n) is 4.70. The summed E-state index contributed by atoms with van der Waals surface area (Å²) in [5.41, 5.74) is 5.51. The van der Waals surface area contributed by atoms with E-state index in [0.29, 0.717) is 11.7 Å². The Morgan fingerprint density at radius 3 is 3.00 bits per heavy atom. The molecule has 1 aliphatic rings. The van der Waals surface area contributed by atoms with E-state index in [1.165, 1.54) is 12.8 Å². The zero-order chi connectivity index (χ0) is 9.10. The van der Waals surface area contributed by atoms with E-state index in [0.717, 1.165) is 18.9 Å². The average molecular weight is 178 g/mol. The van der Waals surface area contributed by atoms with Crippen LogP contribution in [0.3, 0.4) is 0 Å². The lowest BCUT2D eigenvalue weighted by Gasteiger charge is -2.04. The van der Waals surface area contributed by atoms with Crippen molar-refractivity contribution in [1.82, 2.24) is 4.98 Å². The number of hydrogen-bond donors (Lipinski definition) is 1. The first kappa shape index (κ1) is 8.35. The van der Waals surface area contributed by atoms with Gasteiger partial charge in [-0.05, 0) is 18.4 Å². The number of nitrogens with two attached hydrogens (primary N) is 1. The van der Waals surface area contributed by atoms with Gasteiger partial charge in [0.2, 0.25) is 5.88 Å². The highest BCUT2D eigenvalue weighted by Crippen LogP contribution is 2.32. The van der Waals surface area contributed by atoms with Crippen molar-refractivity contribution >= 4 is 5.82 Å². The predicted octanol–water partition coefficient (Wildman–Crippen LogP) is 1.84. The Labute approximate surface area is 77.9 Å².